The molecule has 0 aliphatic carbocycles. The minimum absolute atomic E-state index is 0.00231. The van der Waals surface area contributed by atoms with E-state index in [1.54, 1.807) is 0 Å². The molecule has 0 amide bonds. The molecular formula is C19H31BrN4O2. The Kier molecular flexibility index (Phi) is 9.81. The number of halogens is 1. The molecule has 1 aromatic carbocycles. The number of benzene rings is 1. The quantitative estimate of drug-likeness (QED) is 0.360. The van der Waals surface area contributed by atoms with Crippen LogP contribution in [0.1, 0.15) is 20.3 Å². The van der Waals surface area contributed by atoms with Crippen LogP contribution in [0.3, 0.4) is 0 Å². The van der Waals surface area contributed by atoms with Crippen molar-refractivity contribution < 1.29 is 9.47 Å². The number of aliphatic imine (C=N–C) groups is 1. The zero-order chi connectivity index (χ0) is 18.6. The van der Waals surface area contributed by atoms with Gasteiger partial charge in [0, 0.05) is 26.2 Å². The molecule has 26 heavy (non-hydrogen) atoms. The summed E-state index contributed by atoms with van der Waals surface area (Å²) in [6.07, 6.45) is 1.09. The van der Waals surface area contributed by atoms with Gasteiger partial charge >= 0.3 is 0 Å². The van der Waals surface area contributed by atoms with Gasteiger partial charge < -0.3 is 20.1 Å². The number of nitrogens with one attached hydrogen (secondary N) is 2. The molecule has 1 unspecified atom stereocenters. The van der Waals surface area contributed by atoms with Crippen molar-refractivity contribution in [3.8, 4) is 5.75 Å². The molecule has 0 aromatic heterocycles. The van der Waals surface area contributed by atoms with E-state index in [0.29, 0.717) is 6.54 Å². The molecule has 0 saturated carbocycles. The van der Waals surface area contributed by atoms with Crippen molar-refractivity contribution in [3.05, 3.63) is 28.7 Å². The third kappa shape index (κ3) is 7.93. The number of guanidine groups is 1. The van der Waals surface area contributed by atoms with E-state index in [4.69, 9.17) is 9.47 Å². The average molecular weight is 427 g/mol. The van der Waals surface area contributed by atoms with E-state index in [0.717, 1.165) is 68.5 Å². The fourth-order valence-electron chi connectivity index (χ4n) is 2.69. The fourth-order valence-corrected chi connectivity index (χ4v) is 3.07. The van der Waals surface area contributed by atoms with Crippen LogP contribution in [0.2, 0.25) is 0 Å². The summed E-state index contributed by atoms with van der Waals surface area (Å²) in [4.78, 5) is 7.09. The summed E-state index contributed by atoms with van der Waals surface area (Å²) in [6, 6.07) is 7.88. The average Bonchev–Trinajstić information content (AvgIpc) is 2.66. The van der Waals surface area contributed by atoms with E-state index in [2.05, 4.69) is 43.4 Å². The number of nitrogens with zero attached hydrogens (tertiary/aromatic N) is 2. The predicted octanol–water partition coefficient (Wildman–Crippen LogP) is 2.49. The first-order valence-corrected chi connectivity index (χ1v) is 10.2. The van der Waals surface area contributed by atoms with Gasteiger partial charge in [-0.05, 0) is 54.9 Å². The number of rotatable bonds is 9. The van der Waals surface area contributed by atoms with Gasteiger partial charge in [0.05, 0.1) is 24.2 Å². The molecule has 1 fully saturated rings. The molecule has 1 aliphatic rings. The Morgan fingerprint density at radius 1 is 1.31 bits per heavy atom. The Labute approximate surface area is 165 Å². The number of ether oxygens (including phenoxy) is 2. The molecule has 7 heteroatoms. The second-order valence-corrected chi connectivity index (χ2v) is 7.17. The summed E-state index contributed by atoms with van der Waals surface area (Å²) in [5.41, 5.74) is 0. The summed E-state index contributed by atoms with van der Waals surface area (Å²) < 4.78 is 12.3. The zero-order valence-electron chi connectivity index (χ0n) is 15.8. The van der Waals surface area contributed by atoms with Crippen molar-refractivity contribution in [1.29, 1.82) is 0 Å². The van der Waals surface area contributed by atoms with Crippen LogP contribution in [0.25, 0.3) is 0 Å². The summed E-state index contributed by atoms with van der Waals surface area (Å²) in [7, 11) is 0. The first kappa shape index (κ1) is 21.0. The van der Waals surface area contributed by atoms with Crippen LogP contribution >= 0.6 is 15.9 Å². The van der Waals surface area contributed by atoms with Crippen molar-refractivity contribution in [2.75, 3.05) is 52.5 Å². The molecular weight excluding hydrogens is 396 g/mol. The summed E-state index contributed by atoms with van der Waals surface area (Å²) in [5, 5.41) is 6.70. The maximum Gasteiger partial charge on any atom is 0.191 e. The first-order valence-electron chi connectivity index (χ1n) is 9.42. The third-order valence-corrected chi connectivity index (χ3v) is 4.72. The highest BCUT2D eigenvalue weighted by molar-refractivity contribution is 9.10. The van der Waals surface area contributed by atoms with E-state index in [9.17, 15) is 0 Å². The Hall–Kier alpha value is -1.31. The topological polar surface area (TPSA) is 58.1 Å². The lowest BCUT2D eigenvalue weighted by Gasteiger charge is -2.26. The van der Waals surface area contributed by atoms with Gasteiger partial charge in [-0.3, -0.25) is 4.90 Å². The summed E-state index contributed by atoms with van der Waals surface area (Å²) >= 11 is 3.51. The molecule has 1 atom stereocenters. The highest BCUT2D eigenvalue weighted by atomic mass is 79.9. The Morgan fingerprint density at radius 3 is 2.81 bits per heavy atom. The summed E-state index contributed by atoms with van der Waals surface area (Å²) in [6.45, 7) is 11.3. The van der Waals surface area contributed by atoms with Crippen molar-refractivity contribution in [1.82, 2.24) is 15.5 Å². The van der Waals surface area contributed by atoms with Crippen LogP contribution in [0.5, 0.6) is 5.75 Å². The molecule has 0 bridgehead atoms. The maximum atomic E-state index is 5.95. The van der Waals surface area contributed by atoms with Gasteiger partial charge in [0.2, 0.25) is 0 Å². The van der Waals surface area contributed by atoms with Crippen LogP contribution in [-0.4, -0.2) is 69.4 Å². The Balaban J connectivity index is 1.71. The molecule has 1 aromatic rings. The van der Waals surface area contributed by atoms with Gasteiger partial charge in [0.25, 0.3) is 0 Å². The molecule has 1 saturated heterocycles. The maximum absolute atomic E-state index is 5.95. The van der Waals surface area contributed by atoms with Crippen LogP contribution in [0.4, 0.5) is 0 Å². The molecule has 2 rings (SSSR count). The lowest BCUT2D eigenvalue weighted by atomic mass is 10.3. The highest BCUT2D eigenvalue weighted by Crippen LogP contribution is 2.24. The molecule has 0 spiro atoms. The van der Waals surface area contributed by atoms with Crippen molar-refractivity contribution in [2.45, 2.75) is 26.4 Å². The van der Waals surface area contributed by atoms with Crippen LogP contribution in [0, 0.1) is 0 Å². The van der Waals surface area contributed by atoms with Gasteiger partial charge in [0.1, 0.15) is 11.9 Å². The molecule has 1 aliphatic heterocycles. The van der Waals surface area contributed by atoms with E-state index in [-0.39, 0.29) is 6.10 Å². The minimum atomic E-state index is -0.00231. The third-order valence-electron chi connectivity index (χ3n) is 4.06. The van der Waals surface area contributed by atoms with Crippen LogP contribution in [0.15, 0.2) is 33.7 Å². The lowest BCUT2D eigenvalue weighted by Crippen LogP contribution is -2.41. The molecule has 6 nitrogen and oxygen atoms in total. The fraction of sp³-hybridized carbons (Fsp3) is 0.632. The van der Waals surface area contributed by atoms with E-state index >= 15 is 0 Å². The predicted molar refractivity (Wildman–Crippen MR) is 110 cm³/mol. The minimum Gasteiger partial charge on any atom is -0.488 e. The number of morpholine rings is 1. The number of hydrogen-bond donors (Lipinski definition) is 2. The first-order chi connectivity index (χ1) is 12.7. The van der Waals surface area contributed by atoms with Crippen LogP contribution in [-0.2, 0) is 4.74 Å². The van der Waals surface area contributed by atoms with Gasteiger partial charge in [-0.2, -0.15) is 0 Å². The summed E-state index contributed by atoms with van der Waals surface area (Å²) in [5.74, 6) is 1.69. The number of para-hydroxylation sites is 1. The second kappa shape index (κ2) is 12.1. The van der Waals surface area contributed by atoms with Crippen molar-refractivity contribution >= 4 is 21.9 Å². The largest absolute Gasteiger partial charge is 0.488 e. The molecule has 2 N–H and O–H groups in total. The van der Waals surface area contributed by atoms with Gasteiger partial charge in [-0.25, -0.2) is 4.99 Å². The van der Waals surface area contributed by atoms with E-state index < -0.39 is 0 Å². The van der Waals surface area contributed by atoms with Crippen molar-refractivity contribution in [2.24, 2.45) is 4.99 Å². The Morgan fingerprint density at radius 2 is 2.08 bits per heavy atom. The van der Waals surface area contributed by atoms with Gasteiger partial charge in [-0.1, -0.05) is 12.1 Å². The molecule has 1 heterocycles. The monoisotopic (exact) mass is 426 g/mol. The zero-order valence-corrected chi connectivity index (χ0v) is 17.4. The van der Waals surface area contributed by atoms with Crippen molar-refractivity contribution in [3.63, 3.8) is 0 Å². The highest BCUT2D eigenvalue weighted by Gasteiger charge is 2.10. The smallest absolute Gasteiger partial charge is 0.191 e. The second-order valence-electron chi connectivity index (χ2n) is 6.31. The lowest BCUT2D eigenvalue weighted by molar-refractivity contribution is 0.0376. The molecule has 146 valence electrons. The van der Waals surface area contributed by atoms with Crippen LogP contribution < -0.4 is 15.4 Å². The standard InChI is InChI=1S/C19H31BrN4O2/c1-3-21-19(22-9-6-10-24-11-13-25-14-12-24)23-15-16(2)26-18-8-5-4-7-17(18)20/h4-5,7-8,16H,3,6,9-15H2,1-2H3,(H2,21,22,23). The normalized spacial score (nSPS) is 17.0. The van der Waals surface area contributed by atoms with E-state index in [1.807, 2.05) is 31.2 Å². The number of hydrogen-bond acceptors (Lipinski definition) is 4. The van der Waals surface area contributed by atoms with E-state index in [1.165, 1.54) is 0 Å². The molecule has 0 radical (unpaired) electrons. The van der Waals surface area contributed by atoms with Gasteiger partial charge in [0.15, 0.2) is 5.96 Å². The SMILES string of the molecule is CCNC(=NCC(C)Oc1ccccc1Br)NCCCN1CCOCC1. The Bertz CT molecular complexity index is 550. The van der Waals surface area contributed by atoms with Gasteiger partial charge in [-0.15, -0.1) is 0 Å².